The number of benzene rings is 1. The van der Waals surface area contributed by atoms with Gasteiger partial charge in [0.2, 0.25) is 0 Å². The van der Waals surface area contributed by atoms with Gasteiger partial charge >= 0.3 is 12.1 Å². The van der Waals surface area contributed by atoms with Gasteiger partial charge in [-0.2, -0.15) is 13.2 Å². The predicted molar refractivity (Wildman–Crippen MR) is 74.1 cm³/mol. The highest BCUT2D eigenvalue weighted by Gasteiger charge is 2.41. The monoisotopic (exact) mass is 299 g/mol. The molecular weight excluding hydrogens is 283 g/mol. The summed E-state index contributed by atoms with van der Waals surface area (Å²) in [4.78, 5) is 12.1. The fourth-order valence-electron chi connectivity index (χ4n) is 2.44. The fraction of sp³-hybridized carbons (Fsp3) is 0.400. The molecule has 0 bridgehead atoms. The van der Waals surface area contributed by atoms with Crippen LogP contribution in [0.5, 0.6) is 0 Å². The van der Waals surface area contributed by atoms with Crippen molar-refractivity contribution >= 4 is 17.7 Å². The Kier molecular flexibility index (Phi) is 4.55. The van der Waals surface area contributed by atoms with Crippen molar-refractivity contribution in [2.24, 2.45) is 5.92 Å². The Morgan fingerprint density at radius 2 is 1.95 bits per heavy atom. The Labute approximate surface area is 120 Å². The SMILES string of the molecule is O=C(O)C=Cc1ccc(N2CCCC(C(F)(F)F)C2)cc1. The number of alkyl halides is 3. The van der Waals surface area contributed by atoms with E-state index < -0.39 is 18.1 Å². The molecule has 21 heavy (non-hydrogen) atoms. The third-order valence-corrected chi connectivity index (χ3v) is 3.56. The standard InChI is InChI=1S/C15H16F3NO2/c16-15(17,18)12-2-1-9-19(10-12)13-6-3-11(4-7-13)5-8-14(20)21/h3-8,12H,1-2,9-10H2,(H,20,21). The Morgan fingerprint density at radius 1 is 1.29 bits per heavy atom. The van der Waals surface area contributed by atoms with Gasteiger partial charge in [-0.05, 0) is 36.6 Å². The molecule has 0 spiro atoms. The molecule has 6 heteroatoms. The molecule has 1 aliphatic heterocycles. The Morgan fingerprint density at radius 3 is 2.52 bits per heavy atom. The van der Waals surface area contributed by atoms with Crippen LogP contribution in [0, 0.1) is 5.92 Å². The third-order valence-electron chi connectivity index (χ3n) is 3.56. The number of hydrogen-bond donors (Lipinski definition) is 1. The number of carboxylic acid groups (broad SMARTS) is 1. The highest BCUT2D eigenvalue weighted by Crippen LogP contribution is 2.34. The Bertz CT molecular complexity index is 523. The Hall–Kier alpha value is -1.98. The van der Waals surface area contributed by atoms with Gasteiger partial charge in [0.15, 0.2) is 0 Å². The molecule has 0 aliphatic carbocycles. The lowest BCUT2D eigenvalue weighted by Crippen LogP contribution is -2.41. The molecule has 1 aromatic rings. The van der Waals surface area contributed by atoms with Gasteiger partial charge in [-0.3, -0.25) is 0 Å². The van der Waals surface area contributed by atoms with Gasteiger partial charge in [-0.1, -0.05) is 12.1 Å². The summed E-state index contributed by atoms with van der Waals surface area (Å²) in [6.45, 7) is 0.588. The summed E-state index contributed by atoms with van der Waals surface area (Å²) in [7, 11) is 0. The van der Waals surface area contributed by atoms with Crippen LogP contribution in [0.25, 0.3) is 6.08 Å². The number of carboxylic acids is 1. The van der Waals surface area contributed by atoms with E-state index in [0.29, 0.717) is 18.5 Å². The number of halogens is 3. The molecule has 0 saturated carbocycles. The average molecular weight is 299 g/mol. The van der Waals surface area contributed by atoms with Crippen LogP contribution in [0.4, 0.5) is 18.9 Å². The molecule has 1 heterocycles. The molecule has 0 amide bonds. The number of aliphatic carboxylic acids is 1. The maximum Gasteiger partial charge on any atom is 0.393 e. The molecule has 0 radical (unpaired) electrons. The maximum atomic E-state index is 12.8. The summed E-state index contributed by atoms with van der Waals surface area (Å²) >= 11 is 0. The molecule has 3 nitrogen and oxygen atoms in total. The molecule has 1 aliphatic rings. The molecule has 1 aromatic carbocycles. The van der Waals surface area contributed by atoms with E-state index in [1.807, 2.05) is 0 Å². The number of rotatable bonds is 3. The molecule has 1 fully saturated rings. The van der Waals surface area contributed by atoms with Crippen molar-refractivity contribution in [2.45, 2.75) is 19.0 Å². The van der Waals surface area contributed by atoms with Gasteiger partial charge < -0.3 is 10.0 Å². The van der Waals surface area contributed by atoms with Crippen LogP contribution in [0.15, 0.2) is 30.3 Å². The van der Waals surface area contributed by atoms with Crippen molar-refractivity contribution in [1.29, 1.82) is 0 Å². The van der Waals surface area contributed by atoms with Gasteiger partial charge in [-0.15, -0.1) is 0 Å². The summed E-state index contributed by atoms with van der Waals surface area (Å²) in [5.41, 5.74) is 1.43. The molecule has 2 rings (SSSR count). The minimum atomic E-state index is -4.15. The summed E-state index contributed by atoms with van der Waals surface area (Å²) in [5, 5.41) is 8.54. The minimum Gasteiger partial charge on any atom is -0.478 e. The second kappa shape index (κ2) is 6.20. The number of nitrogens with zero attached hydrogens (tertiary/aromatic N) is 1. The first kappa shape index (κ1) is 15.4. The van der Waals surface area contributed by atoms with Crippen LogP contribution in [0.2, 0.25) is 0 Å². The van der Waals surface area contributed by atoms with Gasteiger partial charge in [0.05, 0.1) is 5.92 Å². The van der Waals surface area contributed by atoms with Crippen LogP contribution >= 0.6 is 0 Å². The second-order valence-corrected chi connectivity index (χ2v) is 5.09. The first-order valence-electron chi connectivity index (χ1n) is 6.69. The molecule has 1 N–H and O–H groups in total. The number of hydrogen-bond acceptors (Lipinski definition) is 2. The summed E-state index contributed by atoms with van der Waals surface area (Å²) in [5.74, 6) is -2.32. The zero-order valence-electron chi connectivity index (χ0n) is 11.3. The highest BCUT2D eigenvalue weighted by molar-refractivity contribution is 5.85. The van der Waals surface area contributed by atoms with E-state index in [-0.39, 0.29) is 13.0 Å². The van der Waals surface area contributed by atoms with Crippen LogP contribution < -0.4 is 4.90 Å². The topological polar surface area (TPSA) is 40.5 Å². The smallest absolute Gasteiger partial charge is 0.393 e. The quantitative estimate of drug-likeness (QED) is 0.868. The number of piperidine rings is 1. The molecule has 0 aromatic heterocycles. The van der Waals surface area contributed by atoms with Crippen LogP contribution in [0.1, 0.15) is 18.4 Å². The van der Waals surface area contributed by atoms with Crippen LogP contribution in [-0.2, 0) is 4.79 Å². The predicted octanol–water partition coefficient (Wildman–Crippen LogP) is 3.56. The van der Waals surface area contributed by atoms with E-state index in [1.54, 1.807) is 29.2 Å². The molecule has 1 unspecified atom stereocenters. The fourth-order valence-corrected chi connectivity index (χ4v) is 2.44. The summed E-state index contributed by atoms with van der Waals surface area (Å²) < 4.78 is 38.3. The van der Waals surface area contributed by atoms with Crippen molar-refractivity contribution in [2.75, 3.05) is 18.0 Å². The Balaban J connectivity index is 2.06. The lowest BCUT2D eigenvalue weighted by atomic mass is 9.97. The molecule has 1 atom stereocenters. The van der Waals surface area contributed by atoms with E-state index in [1.165, 1.54) is 6.08 Å². The van der Waals surface area contributed by atoms with Crippen molar-refractivity contribution in [3.8, 4) is 0 Å². The van der Waals surface area contributed by atoms with Crippen LogP contribution in [0.3, 0.4) is 0 Å². The van der Waals surface area contributed by atoms with E-state index in [2.05, 4.69) is 0 Å². The van der Waals surface area contributed by atoms with Crippen molar-refractivity contribution in [3.05, 3.63) is 35.9 Å². The maximum absolute atomic E-state index is 12.8. The van der Waals surface area contributed by atoms with E-state index in [0.717, 1.165) is 11.8 Å². The molecule has 114 valence electrons. The summed E-state index contributed by atoms with van der Waals surface area (Å²) in [6.07, 6.45) is -0.983. The minimum absolute atomic E-state index is 0.0200. The lowest BCUT2D eigenvalue weighted by Gasteiger charge is -2.35. The highest BCUT2D eigenvalue weighted by atomic mass is 19.4. The summed E-state index contributed by atoms with van der Waals surface area (Å²) in [6, 6.07) is 6.85. The van der Waals surface area contributed by atoms with Gasteiger partial charge in [-0.25, -0.2) is 4.79 Å². The van der Waals surface area contributed by atoms with Crippen molar-refractivity contribution < 1.29 is 23.1 Å². The largest absolute Gasteiger partial charge is 0.478 e. The number of carbonyl (C=O) groups is 1. The van der Waals surface area contributed by atoms with Gasteiger partial charge in [0, 0.05) is 24.9 Å². The van der Waals surface area contributed by atoms with E-state index >= 15 is 0 Å². The zero-order valence-corrected chi connectivity index (χ0v) is 11.3. The third kappa shape index (κ3) is 4.24. The van der Waals surface area contributed by atoms with Gasteiger partial charge in [0.1, 0.15) is 0 Å². The normalized spacial score (nSPS) is 20.0. The van der Waals surface area contributed by atoms with Gasteiger partial charge in [0.25, 0.3) is 0 Å². The lowest BCUT2D eigenvalue weighted by molar-refractivity contribution is -0.176. The van der Waals surface area contributed by atoms with E-state index in [9.17, 15) is 18.0 Å². The average Bonchev–Trinajstić information content (AvgIpc) is 2.45. The molecule has 1 saturated heterocycles. The molecular formula is C15H16F3NO2. The second-order valence-electron chi connectivity index (χ2n) is 5.09. The first-order valence-corrected chi connectivity index (χ1v) is 6.69. The zero-order chi connectivity index (χ0) is 15.5. The number of anilines is 1. The van der Waals surface area contributed by atoms with Crippen molar-refractivity contribution in [3.63, 3.8) is 0 Å². The van der Waals surface area contributed by atoms with Crippen LogP contribution in [-0.4, -0.2) is 30.3 Å². The van der Waals surface area contributed by atoms with Crippen molar-refractivity contribution in [1.82, 2.24) is 0 Å². The van der Waals surface area contributed by atoms with E-state index in [4.69, 9.17) is 5.11 Å². The first-order chi connectivity index (χ1) is 9.86.